The summed E-state index contributed by atoms with van der Waals surface area (Å²) in [6.45, 7) is 14.0. The first-order valence-corrected chi connectivity index (χ1v) is 17.3. The van der Waals surface area contributed by atoms with Gasteiger partial charge in [0.25, 0.3) is 11.8 Å². The molecule has 3 amide bonds. The molecular formula is C38H49ClF2N8O5. The number of rotatable bonds is 16. The molecule has 292 valence electrons. The zero-order valence-corrected chi connectivity index (χ0v) is 32.1. The third-order valence-corrected chi connectivity index (χ3v) is 8.68. The number of aliphatic imine (C=N–C) groups is 1. The Kier molecular flexibility index (Phi) is 18.2. The van der Waals surface area contributed by atoms with Gasteiger partial charge in [-0.3, -0.25) is 19.4 Å². The van der Waals surface area contributed by atoms with Crippen LogP contribution in [0.25, 0.3) is 5.70 Å². The summed E-state index contributed by atoms with van der Waals surface area (Å²) in [6.07, 6.45) is 3.03. The van der Waals surface area contributed by atoms with Crippen molar-refractivity contribution in [3.05, 3.63) is 105 Å². The molecule has 0 atom stereocenters. The number of nitrogens with zero attached hydrogens (tertiary/aromatic N) is 5. The number of benzene rings is 2. The van der Waals surface area contributed by atoms with E-state index in [4.69, 9.17) is 21.1 Å². The summed E-state index contributed by atoms with van der Waals surface area (Å²) in [5.74, 6) is -3.37. The maximum Gasteiger partial charge on any atom is 0.271 e. The van der Waals surface area contributed by atoms with Gasteiger partial charge in [0.05, 0.1) is 30.3 Å². The van der Waals surface area contributed by atoms with Crippen molar-refractivity contribution in [3.63, 3.8) is 0 Å². The molecule has 3 aromatic rings. The molecule has 1 aliphatic heterocycles. The number of ether oxygens (including phenoxy) is 1. The van der Waals surface area contributed by atoms with Gasteiger partial charge in [-0.2, -0.15) is 0 Å². The average Bonchev–Trinajstić information content (AvgIpc) is 3.62. The lowest BCUT2D eigenvalue weighted by Crippen LogP contribution is -2.42. The van der Waals surface area contributed by atoms with Crippen molar-refractivity contribution in [2.75, 3.05) is 33.7 Å². The lowest BCUT2D eigenvalue weighted by molar-refractivity contribution is -0.128. The minimum absolute atomic E-state index is 0.00693. The number of hydrogen-bond acceptors (Lipinski definition) is 10. The molecule has 54 heavy (non-hydrogen) atoms. The highest BCUT2D eigenvalue weighted by molar-refractivity contribution is 6.31. The van der Waals surface area contributed by atoms with Gasteiger partial charge in [-0.1, -0.05) is 49.4 Å². The Morgan fingerprint density at radius 2 is 1.85 bits per heavy atom. The van der Waals surface area contributed by atoms with E-state index < -0.39 is 5.92 Å². The summed E-state index contributed by atoms with van der Waals surface area (Å²) in [5, 5.41) is 16.2. The van der Waals surface area contributed by atoms with Crippen molar-refractivity contribution in [1.82, 2.24) is 30.4 Å². The molecule has 2 aromatic carbocycles. The number of nitrogens with one attached hydrogen (secondary N) is 2. The molecule has 1 aliphatic rings. The molecule has 0 unspecified atom stereocenters. The van der Waals surface area contributed by atoms with Crippen LogP contribution in [0.15, 0.2) is 65.7 Å². The summed E-state index contributed by atoms with van der Waals surface area (Å²) in [4.78, 5) is 48.5. The average molecular weight is 771 g/mol. The number of hydrogen-bond donors (Lipinski definition) is 4. The number of aromatic nitrogens is 2. The number of carbonyl (C=O) groups excluding carboxylic acids is 3. The van der Waals surface area contributed by atoms with E-state index in [0.717, 1.165) is 24.8 Å². The first-order chi connectivity index (χ1) is 25.7. The number of amides is 3. The molecule has 4 rings (SSSR count). The predicted molar refractivity (Wildman–Crippen MR) is 205 cm³/mol. The number of primary amides is 1. The number of nitrogens with two attached hydrogens (primary N) is 1. The van der Waals surface area contributed by atoms with Crippen LogP contribution in [0.5, 0.6) is 5.75 Å². The van der Waals surface area contributed by atoms with Crippen molar-refractivity contribution >= 4 is 42.7 Å². The number of halogens is 3. The molecule has 5 N–H and O–H groups in total. The van der Waals surface area contributed by atoms with Crippen LogP contribution in [-0.2, 0) is 51.2 Å². The number of likely N-dealkylation sites (N-methyl/N-ethyl adjacent to an activating group) is 1. The van der Waals surface area contributed by atoms with Gasteiger partial charge in [0, 0.05) is 69.9 Å². The van der Waals surface area contributed by atoms with Crippen molar-refractivity contribution < 1.29 is 33.0 Å². The van der Waals surface area contributed by atoms with Gasteiger partial charge in [-0.15, -0.1) is 0 Å². The minimum atomic E-state index is -3.03. The number of aromatic hydroxyl groups is 1. The summed E-state index contributed by atoms with van der Waals surface area (Å²) < 4.78 is 32.7. The number of carbonyl (C=O) groups is 3. The highest BCUT2D eigenvalue weighted by atomic mass is 35.5. The zero-order valence-electron chi connectivity index (χ0n) is 31.3. The van der Waals surface area contributed by atoms with Crippen molar-refractivity contribution in [1.29, 1.82) is 0 Å². The van der Waals surface area contributed by atoms with Crippen molar-refractivity contribution in [3.8, 4) is 5.75 Å². The number of allylic oxidation sites excluding steroid dienone is 1. The van der Waals surface area contributed by atoms with Crippen molar-refractivity contribution in [2.24, 2.45) is 10.7 Å². The van der Waals surface area contributed by atoms with E-state index >= 15 is 0 Å². The van der Waals surface area contributed by atoms with Crippen LogP contribution < -0.4 is 16.4 Å². The Balaban J connectivity index is 0.000000517. The second kappa shape index (κ2) is 22.0. The van der Waals surface area contributed by atoms with Crippen LogP contribution in [0.2, 0.25) is 5.02 Å². The lowest BCUT2D eigenvalue weighted by Gasteiger charge is -2.31. The van der Waals surface area contributed by atoms with E-state index in [9.17, 15) is 23.5 Å². The molecule has 16 heteroatoms. The molecule has 0 bridgehead atoms. The molecule has 0 radical (unpaired) electrons. The van der Waals surface area contributed by atoms with Crippen LogP contribution in [0.1, 0.15) is 59.5 Å². The summed E-state index contributed by atoms with van der Waals surface area (Å²) >= 11 is 6.29. The SMILES string of the molecule is C=NC(=C)c1ccc2c(c1)COC2.CC/C(NC)=C(/C(=O)N(C)Cc1ccc(C(C)(F)F)cc1Cl)N(CCNC=O)CCc1ncnc(C)c1O.NC=O. The summed E-state index contributed by atoms with van der Waals surface area (Å²) in [6, 6.07) is 10.1. The molecule has 0 saturated carbocycles. The first kappa shape index (κ1) is 44.7. The Bertz CT molecular complexity index is 1800. The van der Waals surface area contributed by atoms with Gasteiger partial charge in [-0.25, -0.2) is 18.7 Å². The maximum atomic E-state index is 13.8. The van der Waals surface area contributed by atoms with Crippen LogP contribution in [0.3, 0.4) is 0 Å². The second-order valence-electron chi connectivity index (χ2n) is 12.1. The fraction of sp³-hybridized carbons (Fsp3) is 0.368. The highest BCUT2D eigenvalue weighted by Gasteiger charge is 2.27. The number of aryl methyl sites for hydroxylation is 1. The van der Waals surface area contributed by atoms with E-state index in [1.807, 2.05) is 17.9 Å². The quantitative estimate of drug-likeness (QED) is 0.0688. The smallest absolute Gasteiger partial charge is 0.271 e. The largest absolute Gasteiger partial charge is 0.504 e. The van der Waals surface area contributed by atoms with E-state index in [0.29, 0.717) is 67.3 Å². The van der Waals surface area contributed by atoms with Gasteiger partial charge in [-0.05, 0) is 54.4 Å². The highest BCUT2D eigenvalue weighted by Crippen LogP contribution is 2.31. The van der Waals surface area contributed by atoms with Gasteiger partial charge in [0.1, 0.15) is 12.0 Å². The van der Waals surface area contributed by atoms with Crippen molar-refractivity contribution in [2.45, 2.75) is 59.3 Å². The van der Waals surface area contributed by atoms with E-state index in [-0.39, 0.29) is 41.7 Å². The first-order valence-electron chi connectivity index (χ1n) is 16.9. The predicted octanol–water partition coefficient (Wildman–Crippen LogP) is 4.84. The summed E-state index contributed by atoms with van der Waals surface area (Å²) in [7, 11) is 3.32. The monoisotopic (exact) mass is 770 g/mol. The Labute approximate surface area is 320 Å². The van der Waals surface area contributed by atoms with E-state index in [1.165, 1.54) is 40.6 Å². The summed E-state index contributed by atoms with van der Waals surface area (Å²) in [5.41, 5.74) is 10.7. The molecule has 1 aromatic heterocycles. The minimum Gasteiger partial charge on any atom is -0.504 e. The van der Waals surface area contributed by atoms with Gasteiger partial charge < -0.3 is 36.0 Å². The van der Waals surface area contributed by atoms with Crippen LogP contribution in [0.4, 0.5) is 8.78 Å². The second-order valence-corrected chi connectivity index (χ2v) is 12.5. The molecular weight excluding hydrogens is 722 g/mol. The fourth-order valence-corrected chi connectivity index (χ4v) is 5.59. The molecule has 0 aliphatic carbocycles. The lowest BCUT2D eigenvalue weighted by atomic mass is 10.1. The van der Waals surface area contributed by atoms with Gasteiger partial charge in [0.15, 0.2) is 5.75 Å². The normalized spacial score (nSPS) is 12.0. The molecule has 13 nitrogen and oxygen atoms in total. The van der Waals surface area contributed by atoms with E-state index in [2.05, 4.69) is 56.8 Å². The molecule has 2 heterocycles. The Morgan fingerprint density at radius 3 is 2.44 bits per heavy atom. The molecule has 0 fully saturated rings. The number of alkyl halides is 2. The topological polar surface area (TPSA) is 175 Å². The molecule has 0 saturated heterocycles. The van der Waals surface area contributed by atoms with E-state index in [1.54, 1.807) is 21.0 Å². The Morgan fingerprint density at radius 1 is 1.17 bits per heavy atom. The molecule has 0 spiro atoms. The standard InChI is InChI=1S/C26H35ClF2N6O3.C11H11NO.CH3NO/c1-6-21(30-4)23(25(38)34(5)14-18-7-8-19(13-20(18)27)26(3,28)29)35(12-10-31-16-36)11-9-22-24(37)17(2)32-15-33-22;1-8(12-2)9-3-4-10-6-13-7-11(10)5-9;2-1-3/h7-8,13,15-16,30,37H,6,9-12,14H2,1-5H3,(H,31,36);3-5H,1-2,6-7H2;1H,(H2,2,3)/b23-21+;;. The Hall–Kier alpha value is -5.41. The maximum absolute atomic E-state index is 13.8. The zero-order chi connectivity index (χ0) is 40.4. The van der Waals surface area contributed by atoms with Crippen LogP contribution in [0, 0.1) is 6.92 Å². The fourth-order valence-electron chi connectivity index (χ4n) is 5.35. The van der Waals surface area contributed by atoms with Gasteiger partial charge in [0.2, 0.25) is 12.8 Å². The van der Waals surface area contributed by atoms with Crippen LogP contribution in [-0.4, -0.2) is 84.0 Å². The third kappa shape index (κ3) is 12.9. The third-order valence-electron chi connectivity index (χ3n) is 8.33. The van der Waals surface area contributed by atoms with Gasteiger partial charge >= 0.3 is 0 Å². The van der Waals surface area contributed by atoms with Crippen LogP contribution >= 0.6 is 11.6 Å². The number of fused-ring (bicyclic) bond motifs is 1.